The van der Waals surface area contributed by atoms with Gasteiger partial charge in [-0.25, -0.2) is 5.43 Å². The van der Waals surface area contributed by atoms with Crippen LogP contribution >= 0.6 is 11.6 Å². The van der Waals surface area contributed by atoms with Gasteiger partial charge in [0.15, 0.2) is 11.5 Å². The van der Waals surface area contributed by atoms with Crippen molar-refractivity contribution < 1.29 is 23.8 Å². The quantitative estimate of drug-likeness (QED) is 0.518. The van der Waals surface area contributed by atoms with Crippen LogP contribution in [0.3, 0.4) is 0 Å². The predicted molar refractivity (Wildman–Crippen MR) is 106 cm³/mol. The number of hydrazone groups is 1. The van der Waals surface area contributed by atoms with Crippen LogP contribution in [0.2, 0.25) is 5.02 Å². The van der Waals surface area contributed by atoms with Crippen molar-refractivity contribution in [3.63, 3.8) is 0 Å². The van der Waals surface area contributed by atoms with Gasteiger partial charge in [-0.1, -0.05) is 23.7 Å². The van der Waals surface area contributed by atoms with Gasteiger partial charge in [0.25, 0.3) is 11.8 Å². The largest absolute Gasteiger partial charge is 0.493 e. The molecule has 2 N–H and O–H groups in total. The molecule has 0 saturated heterocycles. The first kappa shape index (κ1) is 21.0. The number of benzene rings is 2. The van der Waals surface area contributed by atoms with Crippen LogP contribution in [0.15, 0.2) is 41.5 Å². The molecular formula is C19H20ClN3O5. The third-order valence-corrected chi connectivity index (χ3v) is 3.86. The summed E-state index contributed by atoms with van der Waals surface area (Å²) in [4.78, 5) is 24.2. The molecule has 2 aromatic rings. The molecule has 0 aromatic heterocycles. The molecule has 2 amide bonds. The second-order valence-corrected chi connectivity index (χ2v) is 5.88. The number of ether oxygens (including phenoxy) is 3. The Morgan fingerprint density at radius 2 is 1.64 bits per heavy atom. The summed E-state index contributed by atoms with van der Waals surface area (Å²) in [6.07, 6.45) is 1.47. The molecule has 0 spiro atoms. The Morgan fingerprint density at radius 3 is 2.18 bits per heavy atom. The Morgan fingerprint density at radius 1 is 1.04 bits per heavy atom. The van der Waals surface area contributed by atoms with Gasteiger partial charge in [0.05, 0.1) is 34.1 Å². The third kappa shape index (κ3) is 5.62. The van der Waals surface area contributed by atoms with Gasteiger partial charge < -0.3 is 19.5 Å². The number of nitrogens with one attached hydrogen (secondary N) is 2. The van der Waals surface area contributed by atoms with Gasteiger partial charge in [0.1, 0.15) is 0 Å². The zero-order valence-electron chi connectivity index (χ0n) is 15.6. The van der Waals surface area contributed by atoms with E-state index in [1.54, 1.807) is 24.3 Å². The van der Waals surface area contributed by atoms with E-state index >= 15 is 0 Å². The fourth-order valence-corrected chi connectivity index (χ4v) is 2.37. The molecule has 0 radical (unpaired) electrons. The van der Waals surface area contributed by atoms with Crippen LogP contribution in [0.25, 0.3) is 0 Å². The zero-order chi connectivity index (χ0) is 20.5. The van der Waals surface area contributed by atoms with Gasteiger partial charge in [-0.3, -0.25) is 9.59 Å². The van der Waals surface area contributed by atoms with Gasteiger partial charge in [-0.2, -0.15) is 5.10 Å². The minimum atomic E-state index is -0.481. The smallest absolute Gasteiger partial charge is 0.259 e. The van der Waals surface area contributed by atoms with Crippen LogP contribution in [0.1, 0.15) is 15.9 Å². The van der Waals surface area contributed by atoms with Crippen molar-refractivity contribution in [1.29, 1.82) is 0 Å². The minimum Gasteiger partial charge on any atom is -0.493 e. The van der Waals surface area contributed by atoms with Crippen molar-refractivity contribution >= 4 is 29.6 Å². The number of carbonyl (C=O) groups is 2. The number of rotatable bonds is 8. The summed E-state index contributed by atoms with van der Waals surface area (Å²) in [6, 6.07) is 9.92. The molecule has 0 saturated carbocycles. The summed E-state index contributed by atoms with van der Waals surface area (Å²) in [5.41, 5.74) is 3.36. The second kappa shape index (κ2) is 10.2. The number of carbonyl (C=O) groups excluding carboxylic acids is 2. The lowest BCUT2D eigenvalue weighted by atomic mass is 10.1. The number of amides is 2. The molecule has 0 unspecified atom stereocenters. The van der Waals surface area contributed by atoms with E-state index in [4.69, 9.17) is 25.8 Å². The number of hydrogen-bond acceptors (Lipinski definition) is 6. The molecule has 0 aliphatic rings. The number of nitrogens with zero attached hydrogens (tertiary/aromatic N) is 1. The minimum absolute atomic E-state index is 0.256. The molecule has 9 heteroatoms. The number of methoxy groups -OCH3 is 3. The molecule has 0 heterocycles. The van der Waals surface area contributed by atoms with Crippen molar-refractivity contribution in [2.45, 2.75) is 0 Å². The van der Waals surface area contributed by atoms with Crippen LogP contribution in [-0.2, 0) is 4.79 Å². The monoisotopic (exact) mass is 405 g/mol. The Hall–Kier alpha value is -3.26. The van der Waals surface area contributed by atoms with Crippen molar-refractivity contribution in [3.05, 3.63) is 52.5 Å². The van der Waals surface area contributed by atoms with Gasteiger partial charge in [0.2, 0.25) is 5.75 Å². The Labute approximate surface area is 167 Å². The maximum Gasteiger partial charge on any atom is 0.259 e. The molecule has 8 nitrogen and oxygen atoms in total. The molecule has 148 valence electrons. The molecule has 0 bridgehead atoms. The maximum atomic E-state index is 12.3. The molecular weight excluding hydrogens is 386 g/mol. The van der Waals surface area contributed by atoms with Crippen LogP contribution in [0.4, 0.5) is 0 Å². The molecule has 0 aliphatic heterocycles. The van der Waals surface area contributed by atoms with Crippen LogP contribution < -0.4 is 25.0 Å². The zero-order valence-corrected chi connectivity index (χ0v) is 16.4. The fraction of sp³-hybridized carbons (Fsp3) is 0.211. The first-order chi connectivity index (χ1) is 13.5. The van der Waals surface area contributed by atoms with E-state index in [2.05, 4.69) is 15.8 Å². The Kier molecular flexibility index (Phi) is 7.65. The molecule has 28 heavy (non-hydrogen) atoms. The van der Waals surface area contributed by atoms with Crippen LogP contribution in [-0.4, -0.2) is 45.9 Å². The van der Waals surface area contributed by atoms with Crippen molar-refractivity contribution in [1.82, 2.24) is 10.7 Å². The van der Waals surface area contributed by atoms with Gasteiger partial charge >= 0.3 is 0 Å². The lowest BCUT2D eigenvalue weighted by Crippen LogP contribution is -2.34. The highest BCUT2D eigenvalue weighted by Crippen LogP contribution is 2.38. The summed E-state index contributed by atoms with van der Waals surface area (Å²) >= 11 is 5.80. The van der Waals surface area contributed by atoms with E-state index in [1.165, 1.54) is 39.7 Å². The number of halogens is 1. The average molecular weight is 406 g/mol. The Balaban J connectivity index is 1.94. The molecule has 0 atom stereocenters. The predicted octanol–water partition coefficient (Wildman–Crippen LogP) is 2.25. The van der Waals surface area contributed by atoms with Crippen molar-refractivity contribution in [2.75, 3.05) is 27.9 Å². The third-order valence-electron chi connectivity index (χ3n) is 3.61. The average Bonchev–Trinajstić information content (AvgIpc) is 2.72. The molecule has 0 aliphatic carbocycles. The first-order valence-electron chi connectivity index (χ1n) is 8.14. The highest BCUT2D eigenvalue weighted by atomic mass is 35.5. The summed E-state index contributed by atoms with van der Waals surface area (Å²) in [6.45, 7) is -0.256. The van der Waals surface area contributed by atoms with E-state index in [1.807, 2.05) is 0 Å². The molecule has 0 fully saturated rings. The van der Waals surface area contributed by atoms with Crippen molar-refractivity contribution in [2.24, 2.45) is 5.10 Å². The highest BCUT2D eigenvalue weighted by molar-refractivity contribution is 6.30. The molecule has 2 aromatic carbocycles. The van der Waals surface area contributed by atoms with E-state index in [0.29, 0.717) is 22.3 Å². The summed E-state index contributed by atoms with van der Waals surface area (Å²) in [7, 11) is 4.37. The standard InChI is InChI=1S/C19H20ClN3O5/c1-26-15-8-13(9-16(27-2)18(15)28-3)19(25)21-11-17(24)23-22-10-12-4-6-14(20)7-5-12/h4-10H,11H2,1-3H3,(H,21,25)(H,23,24)/b22-10-. The topological polar surface area (TPSA) is 98.2 Å². The van der Waals surface area contributed by atoms with E-state index in [9.17, 15) is 9.59 Å². The highest BCUT2D eigenvalue weighted by Gasteiger charge is 2.17. The fourth-order valence-electron chi connectivity index (χ4n) is 2.24. The van der Waals surface area contributed by atoms with E-state index in [0.717, 1.165) is 5.56 Å². The number of hydrogen-bond donors (Lipinski definition) is 2. The summed E-state index contributed by atoms with van der Waals surface area (Å²) < 4.78 is 15.6. The maximum absolute atomic E-state index is 12.3. The molecule has 2 rings (SSSR count). The Bertz CT molecular complexity index is 843. The van der Waals surface area contributed by atoms with Gasteiger partial charge in [0, 0.05) is 10.6 Å². The summed E-state index contributed by atoms with van der Waals surface area (Å²) in [5, 5.41) is 6.93. The SMILES string of the molecule is COc1cc(C(=O)NCC(=O)N/N=C\c2ccc(Cl)cc2)cc(OC)c1OC. The normalized spacial score (nSPS) is 10.4. The lowest BCUT2D eigenvalue weighted by molar-refractivity contribution is -0.120. The van der Waals surface area contributed by atoms with E-state index < -0.39 is 11.8 Å². The first-order valence-corrected chi connectivity index (χ1v) is 8.52. The van der Waals surface area contributed by atoms with Gasteiger partial charge in [-0.15, -0.1) is 0 Å². The van der Waals surface area contributed by atoms with Crippen molar-refractivity contribution in [3.8, 4) is 17.2 Å². The van der Waals surface area contributed by atoms with Crippen LogP contribution in [0, 0.1) is 0 Å². The summed E-state index contributed by atoms with van der Waals surface area (Å²) in [5.74, 6) is 0.0888. The van der Waals surface area contributed by atoms with Gasteiger partial charge in [-0.05, 0) is 29.8 Å². The van der Waals surface area contributed by atoms with Crippen LogP contribution in [0.5, 0.6) is 17.2 Å². The van der Waals surface area contributed by atoms with E-state index in [-0.39, 0.29) is 12.1 Å². The lowest BCUT2D eigenvalue weighted by Gasteiger charge is -2.14. The second-order valence-electron chi connectivity index (χ2n) is 5.44.